The Morgan fingerprint density at radius 2 is 1.72 bits per heavy atom. The minimum atomic E-state index is -1.45. The summed E-state index contributed by atoms with van der Waals surface area (Å²) in [5.74, 6) is -3.10. The Balaban J connectivity index is 1.28. The number of imide groups is 1. The van der Waals surface area contributed by atoms with Crippen molar-refractivity contribution in [1.29, 1.82) is 0 Å². The van der Waals surface area contributed by atoms with Gasteiger partial charge in [-0.1, -0.05) is 54.1 Å². The van der Waals surface area contributed by atoms with Crippen LogP contribution in [0.1, 0.15) is 18.1 Å². The lowest BCUT2D eigenvalue weighted by atomic mass is 9.76. The largest absolute Gasteiger partial charge is 0.310 e. The Morgan fingerprint density at radius 3 is 2.51 bits per heavy atom. The fraction of sp³-hybridized carbons (Fsp3) is 0.267. The molecule has 0 aliphatic carbocycles. The molecule has 1 N–H and O–H groups in total. The zero-order valence-corrected chi connectivity index (χ0v) is 21.9. The Labute approximate surface area is 230 Å². The van der Waals surface area contributed by atoms with Crippen molar-refractivity contribution in [1.82, 2.24) is 5.32 Å². The van der Waals surface area contributed by atoms with Crippen LogP contribution in [0.3, 0.4) is 0 Å². The molecule has 0 bridgehead atoms. The van der Waals surface area contributed by atoms with Gasteiger partial charge in [-0.25, -0.2) is 4.90 Å². The average molecular weight is 541 g/mol. The van der Waals surface area contributed by atoms with E-state index in [1.54, 1.807) is 35.2 Å². The monoisotopic (exact) mass is 540 g/mol. The smallest absolute Gasteiger partial charge is 0.253 e. The number of benzene rings is 3. The number of halogens is 1. The Kier molecular flexibility index (Phi) is 5.24. The first kappa shape index (κ1) is 24.1. The minimum Gasteiger partial charge on any atom is -0.310 e. The third-order valence-electron chi connectivity index (χ3n) is 8.56. The van der Waals surface area contributed by atoms with Gasteiger partial charge in [-0.15, -0.1) is 0 Å². The van der Waals surface area contributed by atoms with Crippen molar-refractivity contribution in [3.05, 3.63) is 88.9 Å². The number of anilines is 3. The molecule has 8 nitrogen and oxygen atoms in total. The number of carbonyl (C=O) groups excluding carboxylic acids is 4. The molecule has 1 spiro atoms. The number of amides is 4. The highest BCUT2D eigenvalue weighted by atomic mass is 35.5. The molecule has 4 aliphatic rings. The molecular weight excluding hydrogens is 516 g/mol. The number of carbonyl (C=O) groups is 4. The molecule has 9 heteroatoms. The van der Waals surface area contributed by atoms with Gasteiger partial charge in [-0.2, -0.15) is 0 Å². The first-order valence-electron chi connectivity index (χ1n) is 13.0. The molecule has 4 heterocycles. The molecule has 196 valence electrons. The molecule has 4 aliphatic heterocycles. The van der Waals surface area contributed by atoms with Gasteiger partial charge in [-0.3, -0.25) is 24.5 Å². The second-order valence-corrected chi connectivity index (χ2v) is 11.0. The molecular formula is C30H25ClN4O4. The molecule has 39 heavy (non-hydrogen) atoms. The lowest BCUT2D eigenvalue weighted by Gasteiger charge is -2.30. The van der Waals surface area contributed by atoms with Crippen molar-refractivity contribution >= 4 is 52.3 Å². The third kappa shape index (κ3) is 3.22. The van der Waals surface area contributed by atoms with Gasteiger partial charge in [0, 0.05) is 34.5 Å². The Bertz CT molecular complexity index is 1590. The lowest BCUT2D eigenvalue weighted by Crippen LogP contribution is -2.56. The van der Waals surface area contributed by atoms with Crippen molar-refractivity contribution in [2.24, 2.45) is 11.8 Å². The Morgan fingerprint density at radius 1 is 0.974 bits per heavy atom. The quantitative estimate of drug-likeness (QED) is 0.515. The molecule has 4 atom stereocenters. The number of nitrogens with zero attached hydrogens (tertiary/aromatic N) is 3. The first-order chi connectivity index (χ1) is 18.8. The number of fused-ring (bicyclic) bond motifs is 5. The highest BCUT2D eigenvalue weighted by Gasteiger charge is 2.71. The highest BCUT2D eigenvalue weighted by Crippen LogP contribution is 2.55. The predicted molar refractivity (Wildman–Crippen MR) is 146 cm³/mol. The van der Waals surface area contributed by atoms with Crippen molar-refractivity contribution in [2.75, 3.05) is 27.8 Å². The van der Waals surface area contributed by atoms with Gasteiger partial charge in [0.05, 0.1) is 17.5 Å². The maximum Gasteiger partial charge on any atom is 0.253 e. The number of nitrogens with one attached hydrogen (secondary N) is 1. The van der Waals surface area contributed by atoms with Crippen LogP contribution in [0.5, 0.6) is 0 Å². The summed E-state index contributed by atoms with van der Waals surface area (Å²) >= 11 is 6.17. The summed E-state index contributed by atoms with van der Waals surface area (Å²) in [6.45, 7) is 2.21. The van der Waals surface area contributed by atoms with Gasteiger partial charge in [0.1, 0.15) is 12.1 Å². The van der Waals surface area contributed by atoms with E-state index in [0.29, 0.717) is 28.5 Å². The normalized spacial score (nSPS) is 27.0. The maximum absolute atomic E-state index is 14.4. The average Bonchev–Trinajstić information content (AvgIpc) is 3.63. The first-order valence-corrected chi connectivity index (χ1v) is 13.4. The predicted octanol–water partition coefficient (Wildman–Crippen LogP) is 3.27. The van der Waals surface area contributed by atoms with Crippen LogP contribution in [0.4, 0.5) is 17.1 Å². The molecule has 0 aromatic heterocycles. The van der Waals surface area contributed by atoms with E-state index in [0.717, 1.165) is 22.6 Å². The zero-order valence-electron chi connectivity index (χ0n) is 21.1. The highest BCUT2D eigenvalue weighted by molar-refractivity contribution is 6.31. The SMILES string of the molecule is CC1NC2(C(=O)N(CC(=O)N3CCc4ccccc43)c3ccccc32)C2C(=O)N(c3cccc(Cl)c3)C(=O)C12. The summed E-state index contributed by atoms with van der Waals surface area (Å²) in [5.41, 5.74) is 2.07. The summed E-state index contributed by atoms with van der Waals surface area (Å²) in [7, 11) is 0. The van der Waals surface area contributed by atoms with Crippen LogP contribution >= 0.6 is 11.6 Å². The van der Waals surface area contributed by atoms with E-state index in [1.807, 2.05) is 49.4 Å². The van der Waals surface area contributed by atoms with Gasteiger partial charge >= 0.3 is 0 Å². The number of hydrogen-bond donors (Lipinski definition) is 1. The molecule has 0 radical (unpaired) electrons. The molecule has 3 aromatic rings. The second kappa shape index (κ2) is 8.49. The van der Waals surface area contributed by atoms with Crippen LogP contribution in [-0.2, 0) is 31.1 Å². The minimum absolute atomic E-state index is 0.167. The summed E-state index contributed by atoms with van der Waals surface area (Å²) in [5, 5.41) is 3.76. The number of para-hydroxylation sites is 2. The lowest BCUT2D eigenvalue weighted by molar-refractivity contribution is -0.132. The van der Waals surface area contributed by atoms with E-state index in [2.05, 4.69) is 5.32 Å². The molecule has 3 aromatic carbocycles. The van der Waals surface area contributed by atoms with E-state index in [9.17, 15) is 19.2 Å². The van der Waals surface area contributed by atoms with Crippen molar-refractivity contribution in [2.45, 2.75) is 24.9 Å². The van der Waals surface area contributed by atoms with Crippen molar-refractivity contribution in [3.8, 4) is 0 Å². The topological polar surface area (TPSA) is 90.0 Å². The summed E-state index contributed by atoms with van der Waals surface area (Å²) in [4.78, 5) is 60.0. The van der Waals surface area contributed by atoms with E-state index in [1.165, 1.54) is 4.90 Å². The molecule has 0 saturated carbocycles. The fourth-order valence-electron chi connectivity index (χ4n) is 6.95. The van der Waals surface area contributed by atoms with Crippen LogP contribution in [0.2, 0.25) is 5.02 Å². The molecule has 7 rings (SSSR count). The summed E-state index contributed by atoms with van der Waals surface area (Å²) in [6.07, 6.45) is 0.759. The fourth-order valence-corrected chi connectivity index (χ4v) is 7.14. The van der Waals surface area contributed by atoms with Crippen molar-refractivity contribution < 1.29 is 19.2 Å². The van der Waals surface area contributed by atoms with E-state index >= 15 is 0 Å². The molecule has 2 fully saturated rings. The summed E-state index contributed by atoms with van der Waals surface area (Å²) < 4.78 is 0. The zero-order chi connectivity index (χ0) is 27.1. The van der Waals surface area contributed by atoms with Gasteiger partial charge in [-0.05, 0) is 49.2 Å². The van der Waals surface area contributed by atoms with Crippen molar-refractivity contribution in [3.63, 3.8) is 0 Å². The van der Waals surface area contributed by atoms with E-state index in [-0.39, 0.29) is 18.4 Å². The van der Waals surface area contributed by atoms with E-state index < -0.39 is 35.2 Å². The maximum atomic E-state index is 14.4. The molecule has 2 saturated heterocycles. The van der Waals surface area contributed by atoms with E-state index in [4.69, 9.17) is 11.6 Å². The van der Waals surface area contributed by atoms with Gasteiger partial charge in [0.25, 0.3) is 5.91 Å². The van der Waals surface area contributed by atoms with Gasteiger partial charge < -0.3 is 9.80 Å². The van der Waals surface area contributed by atoms with Crippen LogP contribution in [0, 0.1) is 11.8 Å². The van der Waals surface area contributed by atoms with Gasteiger partial charge in [0.2, 0.25) is 17.7 Å². The standard InChI is InChI=1S/C30H25ClN4O4/c1-17-25-26(28(38)35(27(25)37)20-9-6-8-19(31)15-20)30(32-17)21-10-3-5-12-23(21)34(29(30)39)16-24(36)33-14-13-18-7-2-4-11-22(18)33/h2-12,15,17,25-26,32H,13-14,16H2,1H3. The second-order valence-electron chi connectivity index (χ2n) is 10.6. The van der Waals surface area contributed by atoms with Crippen LogP contribution in [0.15, 0.2) is 72.8 Å². The number of hydrogen-bond acceptors (Lipinski definition) is 5. The van der Waals surface area contributed by atoms with Gasteiger partial charge in [0.15, 0.2) is 0 Å². The Hall–Kier alpha value is -4.01. The number of rotatable bonds is 3. The van der Waals surface area contributed by atoms with Crippen LogP contribution in [-0.4, -0.2) is 42.8 Å². The molecule has 4 amide bonds. The third-order valence-corrected chi connectivity index (χ3v) is 8.80. The molecule has 4 unspecified atom stereocenters. The van der Waals surface area contributed by atoms with Crippen LogP contribution in [0.25, 0.3) is 0 Å². The summed E-state index contributed by atoms with van der Waals surface area (Å²) in [6, 6.07) is 21.1. The van der Waals surface area contributed by atoms with Crippen LogP contribution < -0.4 is 20.0 Å².